The number of halogens is 3. The molecular weight excluding hydrogens is 385 g/mol. The number of hydrogen-bond donors (Lipinski definition) is 1. The first-order valence-corrected chi connectivity index (χ1v) is 12.0. The predicted octanol–water partition coefficient (Wildman–Crippen LogP) is 8.23. The number of hydrogen-bond acceptors (Lipinski definition) is 1. The van der Waals surface area contributed by atoms with Gasteiger partial charge in [-0.05, 0) is 61.1 Å². The summed E-state index contributed by atoms with van der Waals surface area (Å²) in [7, 11) is 0. The second-order valence-electron chi connectivity index (χ2n) is 9.57. The number of aliphatic hydroxyl groups is 1. The van der Waals surface area contributed by atoms with Gasteiger partial charge < -0.3 is 5.11 Å². The monoisotopic (exact) mass is 428 g/mol. The number of rotatable bonds is 15. The Bertz CT molecular complexity index is 581. The molecule has 0 saturated carbocycles. The average Bonchev–Trinajstić information content (AvgIpc) is 2.69. The Morgan fingerprint density at radius 1 is 0.767 bits per heavy atom. The van der Waals surface area contributed by atoms with Gasteiger partial charge in [-0.25, -0.2) is 13.2 Å². The number of benzene rings is 1. The quantitative estimate of drug-likeness (QED) is 0.220. The summed E-state index contributed by atoms with van der Waals surface area (Å²) in [5.41, 5.74) is -0.223. The van der Waals surface area contributed by atoms with Gasteiger partial charge >= 0.3 is 0 Å². The smallest absolute Gasteiger partial charge is 0.194 e. The maximum absolute atomic E-state index is 13.4. The molecule has 1 N–H and O–H groups in total. The lowest BCUT2D eigenvalue weighted by molar-refractivity contribution is -0.102. The van der Waals surface area contributed by atoms with E-state index in [-0.39, 0.29) is 17.8 Å². The molecule has 0 bridgehead atoms. The third kappa shape index (κ3) is 7.90. The van der Waals surface area contributed by atoms with Crippen molar-refractivity contribution in [2.24, 2.45) is 17.8 Å². The first-order valence-electron chi connectivity index (χ1n) is 12.0. The fourth-order valence-electron chi connectivity index (χ4n) is 4.86. The molecule has 1 atom stereocenters. The van der Waals surface area contributed by atoms with Gasteiger partial charge in [0.05, 0.1) is 5.60 Å². The van der Waals surface area contributed by atoms with Crippen LogP contribution in [0.2, 0.25) is 0 Å². The lowest BCUT2D eigenvalue weighted by Gasteiger charge is -2.43. The Labute approximate surface area is 182 Å². The standard InChI is InChI=1S/C26H43F3O/c1-6-7-8-9-10-11-15-22(26(30,19(2)3)20(4)5)16-13-12-14-21-17-23(27)25(29)24(28)18-21/h17-20,22,30H,6-16H2,1-5H3. The number of aryl methyl sites for hydroxylation is 1. The van der Waals surface area contributed by atoms with Crippen LogP contribution < -0.4 is 0 Å². The third-order valence-corrected chi connectivity index (χ3v) is 6.72. The predicted molar refractivity (Wildman–Crippen MR) is 120 cm³/mol. The van der Waals surface area contributed by atoms with Gasteiger partial charge in [0.25, 0.3) is 0 Å². The number of unbranched alkanes of at least 4 members (excludes halogenated alkanes) is 6. The SMILES string of the molecule is CCCCCCCCC(CCCCc1cc(F)c(F)c(F)c1)C(O)(C(C)C)C(C)C. The zero-order valence-corrected chi connectivity index (χ0v) is 19.7. The van der Waals surface area contributed by atoms with Crippen LogP contribution in [0, 0.1) is 35.2 Å². The van der Waals surface area contributed by atoms with E-state index < -0.39 is 23.1 Å². The Hall–Kier alpha value is -1.03. The summed E-state index contributed by atoms with van der Waals surface area (Å²) in [4.78, 5) is 0. The summed E-state index contributed by atoms with van der Waals surface area (Å²) >= 11 is 0. The summed E-state index contributed by atoms with van der Waals surface area (Å²) in [6.07, 6.45) is 11.5. The highest BCUT2D eigenvalue weighted by molar-refractivity contribution is 5.19. The normalized spacial score (nSPS) is 13.4. The molecule has 4 heteroatoms. The Morgan fingerprint density at radius 2 is 1.23 bits per heavy atom. The van der Waals surface area contributed by atoms with Crippen LogP contribution in [0.4, 0.5) is 13.2 Å². The van der Waals surface area contributed by atoms with Gasteiger partial charge in [0.15, 0.2) is 17.5 Å². The van der Waals surface area contributed by atoms with Crippen molar-refractivity contribution < 1.29 is 18.3 Å². The van der Waals surface area contributed by atoms with Gasteiger partial charge in [0.2, 0.25) is 0 Å². The molecule has 1 aromatic carbocycles. The van der Waals surface area contributed by atoms with Gasteiger partial charge in [0, 0.05) is 0 Å². The molecule has 30 heavy (non-hydrogen) atoms. The van der Waals surface area contributed by atoms with Crippen molar-refractivity contribution in [1.82, 2.24) is 0 Å². The summed E-state index contributed by atoms with van der Waals surface area (Å²) in [5, 5.41) is 11.5. The minimum atomic E-state index is -1.41. The molecule has 1 nitrogen and oxygen atoms in total. The molecule has 174 valence electrons. The Kier molecular flexibility index (Phi) is 12.1. The summed E-state index contributed by atoms with van der Waals surface area (Å²) in [6.45, 7) is 10.6. The van der Waals surface area contributed by atoms with Gasteiger partial charge in [-0.15, -0.1) is 0 Å². The van der Waals surface area contributed by atoms with Crippen molar-refractivity contribution in [2.75, 3.05) is 0 Å². The van der Waals surface area contributed by atoms with Gasteiger partial charge in [-0.3, -0.25) is 0 Å². The summed E-state index contributed by atoms with van der Waals surface area (Å²) in [5.74, 6) is -3.10. The van der Waals surface area contributed by atoms with Gasteiger partial charge in [-0.2, -0.15) is 0 Å². The lowest BCUT2D eigenvalue weighted by atomic mass is 9.68. The minimum Gasteiger partial charge on any atom is -0.389 e. The van der Waals surface area contributed by atoms with Crippen molar-refractivity contribution >= 4 is 0 Å². The molecule has 0 fully saturated rings. The van der Waals surface area contributed by atoms with E-state index in [2.05, 4.69) is 34.6 Å². The molecule has 0 saturated heterocycles. The molecule has 0 aliphatic rings. The highest BCUT2D eigenvalue weighted by Crippen LogP contribution is 2.39. The molecular formula is C26H43F3O. The minimum absolute atomic E-state index is 0.169. The topological polar surface area (TPSA) is 20.2 Å². The van der Waals surface area contributed by atoms with Crippen molar-refractivity contribution in [3.8, 4) is 0 Å². The van der Waals surface area contributed by atoms with Crippen LogP contribution in [0.1, 0.15) is 104 Å². The van der Waals surface area contributed by atoms with Crippen molar-refractivity contribution in [2.45, 2.75) is 111 Å². The largest absolute Gasteiger partial charge is 0.389 e. The van der Waals surface area contributed by atoms with E-state index in [0.29, 0.717) is 12.0 Å². The first kappa shape index (κ1) is 27.0. The summed E-state index contributed by atoms with van der Waals surface area (Å²) < 4.78 is 40.0. The zero-order chi connectivity index (χ0) is 22.7. The molecule has 0 spiro atoms. The molecule has 1 unspecified atom stereocenters. The van der Waals surface area contributed by atoms with E-state index in [0.717, 1.165) is 44.2 Å². The van der Waals surface area contributed by atoms with Crippen LogP contribution in [0.5, 0.6) is 0 Å². The van der Waals surface area contributed by atoms with Gasteiger partial charge in [-0.1, -0.05) is 79.6 Å². The van der Waals surface area contributed by atoms with Crippen LogP contribution in [0.15, 0.2) is 12.1 Å². The molecule has 0 aromatic heterocycles. The Balaban J connectivity index is 2.66. The lowest BCUT2D eigenvalue weighted by Crippen LogP contribution is -2.47. The zero-order valence-electron chi connectivity index (χ0n) is 19.7. The van der Waals surface area contributed by atoms with E-state index in [4.69, 9.17) is 0 Å². The van der Waals surface area contributed by atoms with E-state index in [1.165, 1.54) is 32.1 Å². The second kappa shape index (κ2) is 13.4. The van der Waals surface area contributed by atoms with E-state index >= 15 is 0 Å². The average molecular weight is 429 g/mol. The first-order chi connectivity index (χ1) is 14.1. The van der Waals surface area contributed by atoms with Crippen LogP contribution in [-0.4, -0.2) is 10.7 Å². The maximum atomic E-state index is 13.4. The fraction of sp³-hybridized carbons (Fsp3) is 0.769. The van der Waals surface area contributed by atoms with Crippen molar-refractivity contribution in [1.29, 1.82) is 0 Å². The fourth-order valence-corrected chi connectivity index (χ4v) is 4.86. The Morgan fingerprint density at radius 3 is 1.73 bits per heavy atom. The van der Waals surface area contributed by atoms with Crippen LogP contribution in [0.3, 0.4) is 0 Å². The highest BCUT2D eigenvalue weighted by Gasteiger charge is 2.41. The van der Waals surface area contributed by atoms with E-state index in [9.17, 15) is 18.3 Å². The molecule has 0 radical (unpaired) electrons. The molecule has 0 heterocycles. The molecule has 0 aliphatic heterocycles. The third-order valence-electron chi connectivity index (χ3n) is 6.72. The molecule has 1 aromatic rings. The van der Waals surface area contributed by atoms with Crippen molar-refractivity contribution in [3.63, 3.8) is 0 Å². The summed E-state index contributed by atoms with van der Waals surface area (Å²) in [6, 6.07) is 2.18. The molecule has 1 rings (SSSR count). The van der Waals surface area contributed by atoms with Crippen LogP contribution >= 0.6 is 0 Å². The van der Waals surface area contributed by atoms with E-state index in [1.807, 2.05) is 0 Å². The van der Waals surface area contributed by atoms with Crippen LogP contribution in [0.25, 0.3) is 0 Å². The molecule has 0 aliphatic carbocycles. The maximum Gasteiger partial charge on any atom is 0.194 e. The van der Waals surface area contributed by atoms with Crippen LogP contribution in [-0.2, 0) is 6.42 Å². The highest BCUT2D eigenvalue weighted by atomic mass is 19.2. The van der Waals surface area contributed by atoms with E-state index in [1.54, 1.807) is 0 Å². The molecule has 0 amide bonds. The van der Waals surface area contributed by atoms with Crippen molar-refractivity contribution in [3.05, 3.63) is 35.1 Å². The second-order valence-corrected chi connectivity index (χ2v) is 9.57. The van der Waals surface area contributed by atoms with Gasteiger partial charge in [0.1, 0.15) is 0 Å².